The third kappa shape index (κ3) is 2.53. The van der Waals surface area contributed by atoms with E-state index in [0.29, 0.717) is 16.4 Å². The number of halogens is 1. The van der Waals surface area contributed by atoms with Gasteiger partial charge in [0.2, 0.25) is 0 Å². The number of hydrogen-bond donors (Lipinski definition) is 1. The molecule has 126 valence electrons. The van der Waals surface area contributed by atoms with Crippen molar-refractivity contribution in [3.63, 3.8) is 0 Å². The summed E-state index contributed by atoms with van der Waals surface area (Å²) in [5.74, 6) is 0.0965. The zero-order valence-corrected chi connectivity index (χ0v) is 15.7. The van der Waals surface area contributed by atoms with Crippen molar-refractivity contribution in [1.82, 2.24) is 3.97 Å². The Morgan fingerprint density at radius 3 is 2.16 bits per heavy atom. The molecule has 6 heteroatoms. The molecule has 0 fully saturated rings. The van der Waals surface area contributed by atoms with Crippen molar-refractivity contribution in [2.24, 2.45) is 0 Å². The average Bonchev–Trinajstić information content (AvgIpc) is 2.89. The van der Waals surface area contributed by atoms with Gasteiger partial charge in [0, 0.05) is 15.2 Å². The highest BCUT2D eigenvalue weighted by atomic mass is 79.9. The lowest BCUT2D eigenvalue weighted by molar-refractivity contribution is 0.476. The molecule has 1 N–H and O–H groups in total. The largest absolute Gasteiger partial charge is 0.508 e. The van der Waals surface area contributed by atoms with Crippen molar-refractivity contribution < 1.29 is 13.5 Å². The van der Waals surface area contributed by atoms with Gasteiger partial charge in [-0.25, -0.2) is 12.4 Å². The van der Waals surface area contributed by atoms with Gasteiger partial charge in [0.25, 0.3) is 10.0 Å². The van der Waals surface area contributed by atoms with E-state index in [4.69, 9.17) is 0 Å². The Kier molecular flexibility index (Phi) is 3.63. The summed E-state index contributed by atoms with van der Waals surface area (Å²) in [5, 5.41) is 11.3. The van der Waals surface area contributed by atoms with Gasteiger partial charge >= 0.3 is 0 Å². The van der Waals surface area contributed by atoms with E-state index in [1.54, 1.807) is 42.5 Å². The van der Waals surface area contributed by atoms with E-state index >= 15 is 0 Å². The van der Waals surface area contributed by atoms with Gasteiger partial charge in [-0.2, -0.15) is 0 Å². The summed E-state index contributed by atoms with van der Waals surface area (Å²) in [6, 6.07) is 16.9. The van der Waals surface area contributed by atoms with Crippen molar-refractivity contribution in [2.75, 3.05) is 0 Å². The fourth-order valence-electron chi connectivity index (χ4n) is 3.02. The Bertz CT molecular complexity index is 1170. The van der Waals surface area contributed by atoms with E-state index < -0.39 is 10.0 Å². The third-order valence-corrected chi connectivity index (χ3v) is 6.46. The molecule has 4 rings (SSSR count). The second-order valence-corrected chi connectivity index (χ2v) is 8.65. The maximum absolute atomic E-state index is 13.3. The van der Waals surface area contributed by atoms with Crippen molar-refractivity contribution in [2.45, 2.75) is 11.8 Å². The molecule has 0 aliphatic heterocycles. The third-order valence-electron chi connectivity index (χ3n) is 4.23. The van der Waals surface area contributed by atoms with E-state index in [1.807, 2.05) is 19.1 Å². The van der Waals surface area contributed by atoms with Gasteiger partial charge in [-0.3, -0.25) is 0 Å². The quantitative estimate of drug-likeness (QED) is 0.510. The summed E-state index contributed by atoms with van der Waals surface area (Å²) in [5.41, 5.74) is 2.10. The predicted octanol–water partition coefficient (Wildman–Crippen LogP) is 4.81. The van der Waals surface area contributed by atoms with Crippen LogP contribution in [0.15, 0.2) is 70.0 Å². The van der Waals surface area contributed by atoms with Crippen molar-refractivity contribution in [3.8, 4) is 5.75 Å². The van der Waals surface area contributed by atoms with Gasteiger partial charge in [-0.05, 0) is 55.5 Å². The fourth-order valence-corrected chi connectivity index (χ4v) is 4.91. The van der Waals surface area contributed by atoms with Gasteiger partial charge in [0.1, 0.15) is 5.75 Å². The second-order valence-electron chi connectivity index (χ2n) is 5.95. The second kappa shape index (κ2) is 5.61. The molecule has 1 heterocycles. The van der Waals surface area contributed by atoms with Gasteiger partial charge in [-0.1, -0.05) is 33.6 Å². The van der Waals surface area contributed by atoms with E-state index in [-0.39, 0.29) is 10.6 Å². The molecule has 25 heavy (non-hydrogen) atoms. The molecule has 0 unspecified atom stereocenters. The first-order valence-electron chi connectivity index (χ1n) is 7.63. The molecule has 0 aliphatic rings. The summed E-state index contributed by atoms with van der Waals surface area (Å²) in [6.45, 7) is 1.91. The van der Waals surface area contributed by atoms with Crippen LogP contribution in [0.25, 0.3) is 21.8 Å². The minimum absolute atomic E-state index is 0.0965. The van der Waals surface area contributed by atoms with Crippen LogP contribution < -0.4 is 0 Å². The fraction of sp³-hybridized carbons (Fsp3) is 0.0526. The number of fused-ring (bicyclic) bond motifs is 3. The minimum atomic E-state index is -3.77. The Morgan fingerprint density at radius 2 is 1.48 bits per heavy atom. The van der Waals surface area contributed by atoms with Crippen LogP contribution in [-0.2, 0) is 10.0 Å². The molecular formula is C19H14BrNO3S. The lowest BCUT2D eigenvalue weighted by Crippen LogP contribution is -2.12. The number of aromatic nitrogens is 1. The molecule has 0 bridgehead atoms. The number of nitrogens with zero attached hydrogens (tertiary/aromatic N) is 1. The van der Waals surface area contributed by atoms with Gasteiger partial charge in [-0.15, -0.1) is 0 Å². The van der Waals surface area contributed by atoms with E-state index in [2.05, 4.69) is 15.9 Å². The smallest absolute Gasteiger partial charge is 0.268 e. The highest BCUT2D eigenvalue weighted by Gasteiger charge is 2.23. The van der Waals surface area contributed by atoms with Crippen LogP contribution in [-0.4, -0.2) is 17.5 Å². The first-order valence-corrected chi connectivity index (χ1v) is 9.86. The first-order chi connectivity index (χ1) is 11.9. The van der Waals surface area contributed by atoms with Gasteiger partial charge < -0.3 is 5.11 Å². The maximum Gasteiger partial charge on any atom is 0.268 e. The molecule has 4 aromatic rings. The van der Waals surface area contributed by atoms with Crippen LogP contribution in [0.3, 0.4) is 0 Å². The lowest BCUT2D eigenvalue weighted by Gasteiger charge is -2.09. The predicted molar refractivity (Wildman–Crippen MR) is 103 cm³/mol. The highest BCUT2D eigenvalue weighted by molar-refractivity contribution is 9.10. The topological polar surface area (TPSA) is 59.3 Å². The normalized spacial score (nSPS) is 12.1. The summed E-state index contributed by atoms with van der Waals surface area (Å²) < 4.78 is 28.8. The van der Waals surface area contributed by atoms with Gasteiger partial charge in [0.05, 0.1) is 15.9 Å². The molecular weight excluding hydrogens is 402 g/mol. The molecule has 0 atom stereocenters. The molecule has 4 nitrogen and oxygen atoms in total. The molecule has 0 radical (unpaired) electrons. The van der Waals surface area contributed by atoms with Crippen LogP contribution in [0.5, 0.6) is 5.75 Å². The molecule has 0 saturated carbocycles. The SMILES string of the molecule is Cc1ccc(S(=O)(=O)n2c3ccc(O)cc3c3cc(Br)ccc32)cc1. The summed E-state index contributed by atoms with van der Waals surface area (Å²) in [4.78, 5) is 0.230. The number of phenols is 1. The highest BCUT2D eigenvalue weighted by Crippen LogP contribution is 2.35. The maximum atomic E-state index is 13.3. The zero-order chi connectivity index (χ0) is 17.8. The molecule has 0 saturated heterocycles. The number of phenolic OH excluding ortho intramolecular Hbond substituents is 1. The van der Waals surface area contributed by atoms with E-state index in [0.717, 1.165) is 15.4 Å². The summed E-state index contributed by atoms with van der Waals surface area (Å²) >= 11 is 3.43. The average molecular weight is 416 g/mol. The van der Waals surface area contributed by atoms with Crippen molar-refractivity contribution in [3.05, 3.63) is 70.7 Å². The Balaban J connectivity index is 2.14. The van der Waals surface area contributed by atoms with Crippen molar-refractivity contribution in [1.29, 1.82) is 0 Å². The number of benzene rings is 3. The number of rotatable bonds is 2. The molecule has 3 aromatic carbocycles. The lowest BCUT2D eigenvalue weighted by atomic mass is 10.1. The number of aromatic hydroxyl groups is 1. The summed E-state index contributed by atoms with van der Waals surface area (Å²) in [7, 11) is -3.77. The standard InChI is InChI=1S/C19H14BrNO3S/c1-12-2-6-15(7-3-12)25(23,24)21-18-8-4-13(20)10-16(18)17-11-14(22)5-9-19(17)21/h2-11,22H,1H3. The van der Waals surface area contributed by atoms with Crippen molar-refractivity contribution >= 4 is 47.8 Å². The molecule has 1 aromatic heterocycles. The molecule has 0 amide bonds. The Hall–Kier alpha value is -2.31. The van der Waals surface area contributed by atoms with Crippen LogP contribution in [0.4, 0.5) is 0 Å². The molecule has 0 aliphatic carbocycles. The van der Waals surface area contributed by atoms with E-state index in [9.17, 15) is 13.5 Å². The zero-order valence-electron chi connectivity index (χ0n) is 13.3. The minimum Gasteiger partial charge on any atom is -0.508 e. The van der Waals surface area contributed by atoms with Crippen LogP contribution in [0.2, 0.25) is 0 Å². The molecule has 0 spiro atoms. The first kappa shape index (κ1) is 16.2. The van der Waals surface area contributed by atoms with E-state index in [1.165, 1.54) is 10.0 Å². The summed E-state index contributed by atoms with van der Waals surface area (Å²) in [6.07, 6.45) is 0. The Labute approximate surface area is 153 Å². The van der Waals surface area contributed by atoms with Crippen LogP contribution in [0.1, 0.15) is 5.56 Å². The van der Waals surface area contributed by atoms with Gasteiger partial charge in [0.15, 0.2) is 0 Å². The Morgan fingerprint density at radius 1 is 0.880 bits per heavy atom. The number of hydrogen-bond acceptors (Lipinski definition) is 3. The van der Waals surface area contributed by atoms with Crippen LogP contribution >= 0.6 is 15.9 Å². The monoisotopic (exact) mass is 415 g/mol. The number of aryl methyl sites for hydroxylation is 1. The van der Waals surface area contributed by atoms with Crippen LogP contribution in [0, 0.1) is 6.92 Å².